The van der Waals surface area contributed by atoms with Gasteiger partial charge in [0.2, 0.25) is 0 Å². The van der Waals surface area contributed by atoms with Gasteiger partial charge in [0.05, 0.1) is 5.69 Å². The van der Waals surface area contributed by atoms with E-state index in [4.69, 9.17) is 4.98 Å². The number of aryl methyl sites for hydroxylation is 1. The molecular formula is C22H33N3OS. The second-order valence-corrected chi connectivity index (χ2v) is 8.86. The van der Waals surface area contributed by atoms with Gasteiger partial charge in [-0.3, -0.25) is 9.69 Å². The van der Waals surface area contributed by atoms with E-state index in [9.17, 15) is 4.79 Å². The molecular weight excluding hydrogens is 354 g/mol. The quantitative estimate of drug-likeness (QED) is 0.686. The van der Waals surface area contributed by atoms with Crippen LogP contribution in [0.3, 0.4) is 0 Å². The van der Waals surface area contributed by atoms with Crippen LogP contribution in [-0.2, 0) is 0 Å². The Bertz CT molecular complexity index is 757. The molecule has 5 heteroatoms. The Labute approximate surface area is 168 Å². The number of thiazole rings is 1. The van der Waals surface area contributed by atoms with Crippen molar-refractivity contribution in [2.24, 2.45) is 0 Å². The zero-order valence-corrected chi connectivity index (χ0v) is 18.5. The van der Waals surface area contributed by atoms with E-state index in [0.29, 0.717) is 29.4 Å². The molecule has 0 unspecified atom stereocenters. The minimum absolute atomic E-state index is 0.0225. The van der Waals surface area contributed by atoms with Gasteiger partial charge in [-0.1, -0.05) is 38.1 Å². The molecule has 0 aliphatic rings. The Hall–Kier alpha value is -1.72. The molecule has 0 spiro atoms. The Morgan fingerprint density at radius 3 is 2.33 bits per heavy atom. The molecule has 0 aliphatic carbocycles. The predicted octanol–water partition coefficient (Wildman–Crippen LogP) is 5.09. The summed E-state index contributed by atoms with van der Waals surface area (Å²) in [6.45, 7) is 16.5. The van der Waals surface area contributed by atoms with Crippen LogP contribution in [-0.4, -0.2) is 41.0 Å². The minimum Gasteiger partial charge on any atom is -0.350 e. The molecule has 1 N–H and O–H groups in total. The number of hydrogen-bond acceptors (Lipinski definition) is 4. The fourth-order valence-corrected chi connectivity index (χ4v) is 4.44. The number of nitrogens with one attached hydrogen (secondary N) is 1. The van der Waals surface area contributed by atoms with Crippen LogP contribution in [0.4, 0.5) is 0 Å². The average Bonchev–Trinajstić information content (AvgIpc) is 2.99. The third-order valence-electron chi connectivity index (χ3n) is 4.80. The van der Waals surface area contributed by atoms with Crippen molar-refractivity contribution in [2.45, 2.75) is 66.5 Å². The summed E-state index contributed by atoms with van der Waals surface area (Å²) in [7, 11) is 0. The smallest absolute Gasteiger partial charge is 0.263 e. The lowest BCUT2D eigenvalue weighted by molar-refractivity contribution is 0.0942. The number of carbonyl (C=O) groups excluding carboxylic acids is 1. The second kappa shape index (κ2) is 9.47. The molecule has 27 heavy (non-hydrogen) atoms. The van der Waals surface area contributed by atoms with Gasteiger partial charge in [-0.25, -0.2) is 4.98 Å². The van der Waals surface area contributed by atoms with Crippen LogP contribution in [0.15, 0.2) is 24.3 Å². The molecule has 0 saturated carbocycles. The van der Waals surface area contributed by atoms with Crippen LogP contribution in [0.25, 0.3) is 10.6 Å². The number of carbonyl (C=O) groups is 1. The maximum Gasteiger partial charge on any atom is 0.263 e. The van der Waals surface area contributed by atoms with Gasteiger partial charge >= 0.3 is 0 Å². The third kappa shape index (κ3) is 5.39. The number of hydrogen-bond donors (Lipinski definition) is 1. The number of benzene rings is 1. The largest absolute Gasteiger partial charge is 0.350 e. The van der Waals surface area contributed by atoms with Crippen molar-refractivity contribution in [3.63, 3.8) is 0 Å². The van der Waals surface area contributed by atoms with E-state index < -0.39 is 0 Å². The first kappa shape index (κ1) is 21.6. The first-order valence-corrected chi connectivity index (χ1v) is 10.6. The van der Waals surface area contributed by atoms with E-state index in [2.05, 4.69) is 70.0 Å². The standard InChI is InChI=1S/C22H33N3OS/c1-14(2)18-10-8-9-11-19(18)22-24-17(7)20(27-22)21(26)23-12-13-25(15(3)4)16(5)6/h8-11,14-16H,12-13H2,1-7H3,(H,23,26). The van der Waals surface area contributed by atoms with Crippen LogP contribution < -0.4 is 5.32 Å². The van der Waals surface area contributed by atoms with Crippen molar-refractivity contribution >= 4 is 17.2 Å². The Balaban J connectivity index is 2.11. The van der Waals surface area contributed by atoms with Crippen LogP contribution in [0, 0.1) is 6.92 Å². The summed E-state index contributed by atoms with van der Waals surface area (Å²) in [5, 5.41) is 4.00. The molecule has 2 rings (SSSR count). The first-order valence-electron chi connectivity index (χ1n) is 9.83. The maximum absolute atomic E-state index is 12.7. The van der Waals surface area contributed by atoms with E-state index in [1.54, 1.807) is 0 Å². The van der Waals surface area contributed by atoms with E-state index in [0.717, 1.165) is 22.8 Å². The molecule has 0 saturated heterocycles. The molecule has 1 amide bonds. The molecule has 0 atom stereocenters. The van der Waals surface area contributed by atoms with Gasteiger partial charge in [0.25, 0.3) is 5.91 Å². The summed E-state index contributed by atoms with van der Waals surface area (Å²) in [6.07, 6.45) is 0. The fraction of sp³-hybridized carbons (Fsp3) is 0.545. The van der Waals surface area contributed by atoms with Crippen molar-refractivity contribution in [3.8, 4) is 10.6 Å². The van der Waals surface area contributed by atoms with Crippen molar-refractivity contribution in [1.29, 1.82) is 0 Å². The van der Waals surface area contributed by atoms with E-state index in [-0.39, 0.29) is 5.91 Å². The van der Waals surface area contributed by atoms with E-state index in [1.807, 2.05) is 13.0 Å². The van der Waals surface area contributed by atoms with Gasteiger partial charge in [0.1, 0.15) is 9.88 Å². The van der Waals surface area contributed by atoms with Crippen molar-refractivity contribution in [1.82, 2.24) is 15.2 Å². The Kier molecular flexibility index (Phi) is 7.57. The van der Waals surface area contributed by atoms with Gasteiger partial charge in [-0.15, -0.1) is 11.3 Å². The van der Waals surface area contributed by atoms with Gasteiger partial charge < -0.3 is 5.32 Å². The molecule has 0 fully saturated rings. The molecule has 1 heterocycles. The number of aromatic nitrogens is 1. The van der Waals surface area contributed by atoms with Gasteiger partial charge in [0.15, 0.2) is 0 Å². The lowest BCUT2D eigenvalue weighted by Gasteiger charge is -2.30. The van der Waals surface area contributed by atoms with E-state index in [1.165, 1.54) is 16.9 Å². The molecule has 0 bridgehead atoms. The zero-order valence-electron chi connectivity index (χ0n) is 17.7. The summed E-state index contributed by atoms with van der Waals surface area (Å²) in [5.41, 5.74) is 3.20. The highest BCUT2D eigenvalue weighted by Crippen LogP contribution is 2.33. The first-order chi connectivity index (χ1) is 12.7. The fourth-order valence-electron chi connectivity index (χ4n) is 3.41. The highest BCUT2D eigenvalue weighted by atomic mass is 32.1. The minimum atomic E-state index is -0.0225. The van der Waals surface area contributed by atoms with E-state index >= 15 is 0 Å². The van der Waals surface area contributed by atoms with Crippen molar-refractivity contribution in [2.75, 3.05) is 13.1 Å². The molecule has 148 valence electrons. The molecule has 0 radical (unpaired) electrons. The highest BCUT2D eigenvalue weighted by Gasteiger charge is 2.19. The van der Waals surface area contributed by atoms with Crippen LogP contribution in [0.1, 0.15) is 68.4 Å². The van der Waals surface area contributed by atoms with Crippen LogP contribution in [0.5, 0.6) is 0 Å². The van der Waals surface area contributed by atoms with Crippen LogP contribution in [0.2, 0.25) is 0 Å². The SMILES string of the molecule is Cc1nc(-c2ccccc2C(C)C)sc1C(=O)NCCN(C(C)C)C(C)C. The molecule has 4 nitrogen and oxygen atoms in total. The van der Waals surface area contributed by atoms with Crippen molar-refractivity contribution in [3.05, 3.63) is 40.4 Å². The van der Waals surface area contributed by atoms with Gasteiger partial charge in [0, 0.05) is 30.7 Å². The Morgan fingerprint density at radius 1 is 1.11 bits per heavy atom. The lowest BCUT2D eigenvalue weighted by Crippen LogP contribution is -2.42. The summed E-state index contributed by atoms with van der Waals surface area (Å²) in [5.74, 6) is 0.395. The topological polar surface area (TPSA) is 45.2 Å². The summed E-state index contributed by atoms with van der Waals surface area (Å²) in [4.78, 5) is 20.5. The summed E-state index contributed by atoms with van der Waals surface area (Å²) >= 11 is 1.49. The summed E-state index contributed by atoms with van der Waals surface area (Å²) < 4.78 is 0. The predicted molar refractivity (Wildman–Crippen MR) is 116 cm³/mol. The number of amides is 1. The second-order valence-electron chi connectivity index (χ2n) is 7.86. The van der Waals surface area contributed by atoms with Crippen LogP contribution >= 0.6 is 11.3 Å². The highest BCUT2D eigenvalue weighted by molar-refractivity contribution is 7.17. The van der Waals surface area contributed by atoms with Gasteiger partial charge in [-0.05, 0) is 46.1 Å². The maximum atomic E-state index is 12.7. The monoisotopic (exact) mass is 387 g/mol. The Morgan fingerprint density at radius 2 is 1.74 bits per heavy atom. The molecule has 1 aromatic heterocycles. The summed E-state index contributed by atoms with van der Waals surface area (Å²) in [6, 6.07) is 9.26. The average molecular weight is 388 g/mol. The third-order valence-corrected chi connectivity index (χ3v) is 5.99. The normalized spacial score (nSPS) is 11.8. The lowest BCUT2D eigenvalue weighted by atomic mass is 9.98. The molecule has 2 aromatic rings. The van der Waals surface area contributed by atoms with Crippen molar-refractivity contribution < 1.29 is 4.79 Å². The molecule has 0 aliphatic heterocycles. The number of rotatable bonds is 8. The number of nitrogens with zero attached hydrogens (tertiary/aromatic N) is 2. The molecule has 1 aromatic carbocycles. The van der Waals surface area contributed by atoms with Gasteiger partial charge in [-0.2, -0.15) is 0 Å². The zero-order chi connectivity index (χ0) is 20.1.